The molecule has 4 rings (SSSR count). The Bertz CT molecular complexity index is 1060. The van der Waals surface area contributed by atoms with Crippen molar-refractivity contribution >= 4 is 5.96 Å². The lowest BCUT2D eigenvalue weighted by molar-refractivity contribution is 0.285. The number of guanidine groups is 1. The van der Waals surface area contributed by atoms with E-state index in [2.05, 4.69) is 39.9 Å². The van der Waals surface area contributed by atoms with Crippen LogP contribution in [-0.4, -0.2) is 28.7 Å². The highest BCUT2D eigenvalue weighted by Gasteiger charge is 2.22. The topological polar surface area (TPSA) is 63.5 Å². The van der Waals surface area contributed by atoms with Crippen molar-refractivity contribution in [2.75, 3.05) is 13.2 Å². The molecule has 1 aliphatic rings. The molecule has 0 spiro atoms. The summed E-state index contributed by atoms with van der Waals surface area (Å²) >= 11 is 0. The third-order valence-electron chi connectivity index (χ3n) is 5.66. The second-order valence-electron chi connectivity index (χ2n) is 8.56. The number of imidazole rings is 1. The highest BCUT2D eigenvalue weighted by Crippen LogP contribution is 2.30. The monoisotopic (exact) mass is 449 g/mol. The average molecular weight is 450 g/mol. The van der Waals surface area contributed by atoms with Gasteiger partial charge in [-0.2, -0.15) is 0 Å². The number of aromatic nitrogens is 2. The molecule has 6 nitrogen and oxygen atoms in total. The van der Waals surface area contributed by atoms with E-state index >= 15 is 0 Å². The predicted molar refractivity (Wildman–Crippen MR) is 129 cm³/mol. The molecule has 1 heterocycles. The number of nitrogens with zero attached hydrogens (tertiary/aromatic N) is 3. The molecule has 3 aromatic rings. The third-order valence-corrected chi connectivity index (χ3v) is 5.66. The number of hydrogen-bond acceptors (Lipinski definition) is 3. The van der Waals surface area contributed by atoms with Crippen LogP contribution in [0.25, 0.3) is 0 Å². The quantitative estimate of drug-likeness (QED) is 0.349. The lowest BCUT2D eigenvalue weighted by Crippen LogP contribution is -2.38. The molecule has 2 N–H and O–H groups in total. The zero-order chi connectivity index (χ0) is 23.0. The summed E-state index contributed by atoms with van der Waals surface area (Å²) in [6.45, 7) is 6.69. The lowest BCUT2D eigenvalue weighted by Gasteiger charge is -2.19. The minimum atomic E-state index is -0.321. The number of benzene rings is 2. The standard InChI is InChI=1S/C26H32FN5O/c1-3-29-26(30-15-21-5-4-6-22(13-21)16-32-12-11-28-18-32)31-19(2)23-9-10-25(24(27)14-23)33-17-20-7-8-20/h4-6,9-14,18-20H,3,7-8,15-17H2,1-2H3,(H2,29,30,31). The largest absolute Gasteiger partial charge is 0.490 e. The number of aliphatic imine (C=N–C) groups is 1. The summed E-state index contributed by atoms with van der Waals surface area (Å²) in [5.41, 5.74) is 3.17. The van der Waals surface area contributed by atoms with Crippen LogP contribution < -0.4 is 15.4 Å². The van der Waals surface area contributed by atoms with Crippen LogP contribution in [0.3, 0.4) is 0 Å². The molecule has 1 aliphatic carbocycles. The number of hydrogen-bond donors (Lipinski definition) is 2. The maximum atomic E-state index is 14.5. The second kappa shape index (κ2) is 11.0. The number of ether oxygens (including phenoxy) is 1. The zero-order valence-corrected chi connectivity index (χ0v) is 19.3. The van der Waals surface area contributed by atoms with Crippen LogP contribution in [0.5, 0.6) is 5.75 Å². The number of nitrogens with one attached hydrogen (secondary N) is 2. The smallest absolute Gasteiger partial charge is 0.192 e. The fraction of sp³-hybridized carbons (Fsp3) is 0.385. The third kappa shape index (κ3) is 6.81. The van der Waals surface area contributed by atoms with E-state index in [-0.39, 0.29) is 11.9 Å². The summed E-state index contributed by atoms with van der Waals surface area (Å²) in [4.78, 5) is 8.84. The first-order valence-corrected chi connectivity index (χ1v) is 11.6. The summed E-state index contributed by atoms with van der Waals surface area (Å²) in [7, 11) is 0. The number of halogens is 1. The highest BCUT2D eigenvalue weighted by atomic mass is 19.1. The van der Waals surface area contributed by atoms with E-state index in [1.54, 1.807) is 18.3 Å². The molecule has 1 atom stereocenters. The van der Waals surface area contributed by atoms with Gasteiger partial charge in [-0.3, -0.25) is 0 Å². The van der Waals surface area contributed by atoms with Gasteiger partial charge < -0.3 is 19.9 Å². The normalized spacial score (nSPS) is 14.7. The summed E-state index contributed by atoms with van der Waals surface area (Å²) in [5.74, 6) is 1.29. The van der Waals surface area contributed by atoms with Crippen molar-refractivity contribution in [2.24, 2.45) is 10.9 Å². The van der Waals surface area contributed by atoms with Crippen molar-refractivity contribution in [3.8, 4) is 5.75 Å². The fourth-order valence-corrected chi connectivity index (χ4v) is 3.59. The molecule has 1 aromatic heterocycles. The zero-order valence-electron chi connectivity index (χ0n) is 19.3. The van der Waals surface area contributed by atoms with Crippen molar-refractivity contribution in [3.63, 3.8) is 0 Å². The van der Waals surface area contributed by atoms with E-state index in [0.717, 1.165) is 24.2 Å². The van der Waals surface area contributed by atoms with Crippen LogP contribution in [0.2, 0.25) is 0 Å². The Labute approximate surface area is 194 Å². The Hall–Kier alpha value is -3.35. The number of rotatable bonds is 10. The molecule has 0 amide bonds. The van der Waals surface area contributed by atoms with Gasteiger partial charge >= 0.3 is 0 Å². The molecule has 2 aromatic carbocycles. The predicted octanol–water partition coefficient (Wildman–Crippen LogP) is 4.68. The minimum Gasteiger partial charge on any atom is -0.490 e. The van der Waals surface area contributed by atoms with Gasteiger partial charge in [-0.15, -0.1) is 0 Å². The first kappa shape index (κ1) is 22.8. The molecule has 1 unspecified atom stereocenters. The van der Waals surface area contributed by atoms with E-state index in [0.29, 0.717) is 30.8 Å². The summed E-state index contributed by atoms with van der Waals surface area (Å²) in [5, 5.41) is 6.66. The highest BCUT2D eigenvalue weighted by molar-refractivity contribution is 5.80. The first-order valence-electron chi connectivity index (χ1n) is 11.6. The van der Waals surface area contributed by atoms with Crippen molar-refractivity contribution in [1.29, 1.82) is 0 Å². The molecule has 0 saturated heterocycles. The van der Waals surface area contributed by atoms with Crippen molar-refractivity contribution in [1.82, 2.24) is 20.2 Å². The first-order chi connectivity index (χ1) is 16.1. The van der Waals surface area contributed by atoms with Gasteiger partial charge in [0.25, 0.3) is 0 Å². The molecule has 1 fully saturated rings. The van der Waals surface area contributed by atoms with Gasteiger partial charge in [-0.25, -0.2) is 14.4 Å². The van der Waals surface area contributed by atoms with Crippen molar-refractivity contribution in [2.45, 2.75) is 45.8 Å². The van der Waals surface area contributed by atoms with Gasteiger partial charge in [0.1, 0.15) is 0 Å². The molecular formula is C26H32FN5O. The molecule has 0 radical (unpaired) electrons. The van der Waals surface area contributed by atoms with Crippen molar-refractivity contribution in [3.05, 3.63) is 83.7 Å². The Kier molecular flexibility index (Phi) is 7.60. The lowest BCUT2D eigenvalue weighted by atomic mass is 10.1. The Balaban J connectivity index is 1.38. The van der Waals surface area contributed by atoms with Crippen LogP contribution in [0, 0.1) is 11.7 Å². The summed E-state index contributed by atoms with van der Waals surface area (Å²) in [6.07, 6.45) is 7.91. The fourth-order valence-electron chi connectivity index (χ4n) is 3.59. The van der Waals surface area contributed by atoms with E-state index in [9.17, 15) is 4.39 Å². The van der Waals surface area contributed by atoms with Crippen LogP contribution in [0.1, 0.15) is 49.4 Å². The van der Waals surface area contributed by atoms with Crippen LogP contribution in [-0.2, 0) is 13.1 Å². The van der Waals surface area contributed by atoms with Gasteiger partial charge in [0, 0.05) is 25.5 Å². The van der Waals surface area contributed by atoms with Crippen LogP contribution >= 0.6 is 0 Å². The molecule has 174 valence electrons. The SMILES string of the molecule is CCNC(=NCc1cccc(Cn2ccnc2)c1)NC(C)c1ccc(OCC2CC2)c(F)c1. The molecule has 0 aliphatic heterocycles. The van der Waals surface area contributed by atoms with Gasteiger partial charge in [-0.05, 0) is 61.4 Å². The summed E-state index contributed by atoms with van der Waals surface area (Å²) < 4.78 is 22.2. The van der Waals surface area contributed by atoms with Crippen molar-refractivity contribution < 1.29 is 9.13 Å². The molecule has 0 bridgehead atoms. The Morgan fingerprint density at radius 3 is 2.82 bits per heavy atom. The van der Waals surface area contributed by atoms with E-state index in [4.69, 9.17) is 9.73 Å². The van der Waals surface area contributed by atoms with E-state index in [1.807, 2.05) is 37.0 Å². The molecule has 1 saturated carbocycles. The van der Waals surface area contributed by atoms with Gasteiger partial charge in [0.15, 0.2) is 17.5 Å². The molecular weight excluding hydrogens is 417 g/mol. The Morgan fingerprint density at radius 1 is 1.24 bits per heavy atom. The average Bonchev–Trinajstić information content (AvgIpc) is 3.51. The van der Waals surface area contributed by atoms with Crippen LogP contribution in [0.15, 0.2) is 66.2 Å². The van der Waals surface area contributed by atoms with Gasteiger partial charge in [-0.1, -0.05) is 30.3 Å². The summed E-state index contributed by atoms with van der Waals surface area (Å²) in [6, 6.07) is 13.5. The van der Waals surface area contributed by atoms with Gasteiger partial charge in [0.2, 0.25) is 0 Å². The Morgan fingerprint density at radius 2 is 2.09 bits per heavy atom. The molecule has 7 heteroatoms. The molecule has 33 heavy (non-hydrogen) atoms. The van der Waals surface area contributed by atoms with Crippen LogP contribution in [0.4, 0.5) is 4.39 Å². The van der Waals surface area contributed by atoms with E-state index in [1.165, 1.54) is 18.4 Å². The second-order valence-corrected chi connectivity index (χ2v) is 8.56. The van der Waals surface area contributed by atoms with Gasteiger partial charge in [0.05, 0.1) is 25.5 Å². The maximum absolute atomic E-state index is 14.5. The van der Waals surface area contributed by atoms with E-state index < -0.39 is 0 Å². The maximum Gasteiger partial charge on any atom is 0.192 e. The minimum absolute atomic E-state index is 0.109.